The van der Waals surface area contributed by atoms with Crippen LogP contribution in [0.15, 0.2) is 24.5 Å². The average molecular weight is 358 g/mol. The van der Waals surface area contributed by atoms with Gasteiger partial charge in [-0.1, -0.05) is 0 Å². The Bertz CT molecular complexity index is 667. The van der Waals surface area contributed by atoms with Crippen molar-refractivity contribution < 1.29 is 14.3 Å². The molecular weight excluding hydrogens is 332 g/mol. The van der Waals surface area contributed by atoms with Crippen LogP contribution in [0.25, 0.3) is 0 Å². The first-order valence-electron chi connectivity index (χ1n) is 9.40. The van der Waals surface area contributed by atoms with Gasteiger partial charge in [0, 0.05) is 58.0 Å². The highest BCUT2D eigenvalue weighted by Gasteiger charge is 2.53. The van der Waals surface area contributed by atoms with Crippen molar-refractivity contribution in [2.45, 2.75) is 30.7 Å². The molecule has 1 aromatic rings. The smallest absolute Gasteiger partial charge is 0.320 e. The van der Waals surface area contributed by atoms with Crippen LogP contribution >= 0.6 is 0 Å². The van der Waals surface area contributed by atoms with E-state index in [-0.39, 0.29) is 23.4 Å². The normalized spacial score (nSPS) is 25.8. The highest BCUT2D eigenvalue weighted by Crippen LogP contribution is 2.48. The maximum atomic E-state index is 12.8. The highest BCUT2D eigenvalue weighted by molar-refractivity contribution is 5.81. The van der Waals surface area contributed by atoms with E-state index in [0.29, 0.717) is 45.8 Å². The Hall–Kier alpha value is -2.15. The topological polar surface area (TPSA) is 66.0 Å². The second kappa shape index (κ2) is 6.87. The lowest BCUT2D eigenvalue weighted by atomic mass is 9.74. The van der Waals surface area contributed by atoms with Gasteiger partial charge in [0.05, 0.1) is 18.8 Å². The number of morpholine rings is 1. The second-order valence-corrected chi connectivity index (χ2v) is 7.46. The van der Waals surface area contributed by atoms with Crippen LogP contribution in [0.3, 0.4) is 0 Å². The Kier molecular flexibility index (Phi) is 4.56. The number of piperidine rings is 1. The molecule has 0 N–H and O–H groups in total. The van der Waals surface area contributed by atoms with E-state index < -0.39 is 0 Å². The van der Waals surface area contributed by atoms with Crippen LogP contribution in [-0.2, 0) is 9.53 Å². The van der Waals surface area contributed by atoms with Crippen LogP contribution in [0.5, 0.6) is 0 Å². The van der Waals surface area contributed by atoms with Crippen molar-refractivity contribution in [1.82, 2.24) is 19.7 Å². The number of rotatable bonds is 1. The molecule has 4 heterocycles. The molecular formula is C19H26N4O3. The summed E-state index contributed by atoms with van der Waals surface area (Å²) in [5, 5.41) is 0. The molecule has 7 heteroatoms. The van der Waals surface area contributed by atoms with Gasteiger partial charge in [-0.25, -0.2) is 4.79 Å². The first-order chi connectivity index (χ1) is 12.6. The lowest BCUT2D eigenvalue weighted by Crippen LogP contribution is -2.57. The van der Waals surface area contributed by atoms with E-state index in [2.05, 4.69) is 4.98 Å². The SMILES string of the molecule is CN1C(=O)C[C@@H](c2ccncc2)C12CCN(C(=O)N1CCOCC1)CC2. The summed E-state index contributed by atoms with van der Waals surface area (Å²) in [5.74, 6) is 0.364. The van der Waals surface area contributed by atoms with Gasteiger partial charge >= 0.3 is 6.03 Å². The third-order valence-corrected chi connectivity index (χ3v) is 6.36. The molecule has 3 fully saturated rings. The minimum absolute atomic E-state index is 0.107. The molecule has 3 saturated heterocycles. The fourth-order valence-electron chi connectivity index (χ4n) is 4.73. The zero-order valence-corrected chi connectivity index (χ0v) is 15.3. The van der Waals surface area contributed by atoms with Crippen LogP contribution in [-0.4, -0.2) is 83.6 Å². The largest absolute Gasteiger partial charge is 0.378 e. The third kappa shape index (κ3) is 2.84. The molecule has 1 atom stereocenters. The monoisotopic (exact) mass is 358 g/mol. The van der Waals surface area contributed by atoms with Gasteiger partial charge in [-0.15, -0.1) is 0 Å². The summed E-state index contributed by atoms with van der Waals surface area (Å²) in [4.78, 5) is 35.1. The molecule has 1 aromatic heterocycles. The number of likely N-dealkylation sites (N-methyl/N-ethyl adjacent to an activating group) is 1. The number of nitrogens with zero attached hydrogens (tertiary/aromatic N) is 4. The van der Waals surface area contributed by atoms with E-state index >= 15 is 0 Å². The second-order valence-electron chi connectivity index (χ2n) is 7.46. The van der Waals surface area contributed by atoms with Crippen molar-refractivity contribution in [1.29, 1.82) is 0 Å². The van der Waals surface area contributed by atoms with Gasteiger partial charge in [0.2, 0.25) is 5.91 Å². The van der Waals surface area contributed by atoms with Crippen molar-refractivity contribution in [2.75, 3.05) is 46.4 Å². The predicted octanol–water partition coefficient (Wildman–Crippen LogP) is 1.31. The van der Waals surface area contributed by atoms with Crippen LogP contribution in [0.1, 0.15) is 30.7 Å². The molecule has 0 aromatic carbocycles. The Balaban J connectivity index is 1.50. The Morgan fingerprint density at radius 2 is 1.73 bits per heavy atom. The molecule has 0 saturated carbocycles. The Morgan fingerprint density at radius 1 is 1.12 bits per heavy atom. The summed E-state index contributed by atoms with van der Waals surface area (Å²) in [7, 11) is 1.92. The summed E-state index contributed by atoms with van der Waals surface area (Å²) in [5.41, 5.74) is 0.978. The van der Waals surface area contributed by atoms with Gasteiger partial charge < -0.3 is 19.4 Å². The molecule has 0 radical (unpaired) electrons. The van der Waals surface area contributed by atoms with Crippen molar-refractivity contribution in [3.8, 4) is 0 Å². The van der Waals surface area contributed by atoms with E-state index in [1.807, 2.05) is 33.9 Å². The van der Waals surface area contributed by atoms with E-state index in [1.54, 1.807) is 12.4 Å². The first kappa shape index (κ1) is 17.3. The number of urea groups is 1. The van der Waals surface area contributed by atoms with Crippen molar-refractivity contribution in [2.24, 2.45) is 0 Å². The number of ether oxygens (including phenoxy) is 1. The van der Waals surface area contributed by atoms with Gasteiger partial charge in [-0.3, -0.25) is 9.78 Å². The molecule has 0 unspecified atom stereocenters. The fraction of sp³-hybridized carbons (Fsp3) is 0.632. The maximum Gasteiger partial charge on any atom is 0.320 e. The van der Waals surface area contributed by atoms with E-state index in [9.17, 15) is 9.59 Å². The van der Waals surface area contributed by atoms with Gasteiger partial charge in [0.15, 0.2) is 0 Å². The third-order valence-electron chi connectivity index (χ3n) is 6.36. The van der Waals surface area contributed by atoms with Gasteiger partial charge in [0.25, 0.3) is 0 Å². The fourth-order valence-corrected chi connectivity index (χ4v) is 4.73. The molecule has 3 aliphatic heterocycles. The number of amides is 3. The molecule has 7 nitrogen and oxygen atoms in total. The summed E-state index contributed by atoms with van der Waals surface area (Å²) in [6, 6.07) is 4.14. The number of likely N-dealkylation sites (tertiary alicyclic amines) is 2. The highest BCUT2D eigenvalue weighted by atomic mass is 16.5. The van der Waals surface area contributed by atoms with Crippen LogP contribution < -0.4 is 0 Å². The molecule has 3 amide bonds. The van der Waals surface area contributed by atoms with Crippen LogP contribution in [0, 0.1) is 0 Å². The van der Waals surface area contributed by atoms with Gasteiger partial charge in [-0.2, -0.15) is 0 Å². The molecule has 0 bridgehead atoms. The lowest BCUT2D eigenvalue weighted by molar-refractivity contribution is -0.130. The van der Waals surface area contributed by atoms with Gasteiger partial charge in [0.1, 0.15) is 0 Å². The van der Waals surface area contributed by atoms with Crippen molar-refractivity contribution in [3.63, 3.8) is 0 Å². The van der Waals surface area contributed by atoms with E-state index in [0.717, 1.165) is 12.8 Å². The molecule has 1 spiro atoms. The molecule has 0 aliphatic carbocycles. The average Bonchev–Trinajstić information content (AvgIpc) is 2.94. The number of carbonyl (C=O) groups is 2. The minimum Gasteiger partial charge on any atom is -0.378 e. The first-order valence-corrected chi connectivity index (χ1v) is 9.40. The van der Waals surface area contributed by atoms with Crippen molar-refractivity contribution >= 4 is 11.9 Å². The standard InChI is InChI=1S/C19H26N4O3/c1-21-17(24)14-16(15-2-6-20-7-3-15)19(21)4-8-22(9-5-19)18(25)23-10-12-26-13-11-23/h2-3,6-7,16H,4-5,8-14H2,1H3/t16-/m0/s1. The summed E-state index contributed by atoms with van der Waals surface area (Å²) in [6.07, 6.45) is 5.76. The lowest BCUT2D eigenvalue weighted by Gasteiger charge is -2.47. The zero-order valence-electron chi connectivity index (χ0n) is 15.3. The Morgan fingerprint density at radius 3 is 2.38 bits per heavy atom. The van der Waals surface area contributed by atoms with Gasteiger partial charge in [-0.05, 0) is 30.5 Å². The summed E-state index contributed by atoms with van der Waals surface area (Å²) in [6.45, 7) is 3.94. The number of aromatic nitrogens is 1. The summed E-state index contributed by atoms with van der Waals surface area (Å²) >= 11 is 0. The Labute approximate surface area is 153 Å². The predicted molar refractivity (Wildman–Crippen MR) is 95.7 cm³/mol. The molecule has 3 aliphatic rings. The molecule has 4 rings (SSSR count). The number of carbonyl (C=O) groups excluding carboxylic acids is 2. The van der Waals surface area contributed by atoms with E-state index in [1.165, 1.54) is 5.56 Å². The quantitative estimate of drug-likeness (QED) is 0.759. The van der Waals surface area contributed by atoms with E-state index in [4.69, 9.17) is 4.74 Å². The number of hydrogen-bond donors (Lipinski definition) is 0. The number of hydrogen-bond acceptors (Lipinski definition) is 4. The number of pyridine rings is 1. The molecule has 140 valence electrons. The zero-order chi connectivity index (χ0) is 18.1. The van der Waals surface area contributed by atoms with Crippen LogP contribution in [0.4, 0.5) is 4.79 Å². The maximum absolute atomic E-state index is 12.8. The minimum atomic E-state index is -0.194. The summed E-state index contributed by atoms with van der Waals surface area (Å²) < 4.78 is 5.34. The van der Waals surface area contributed by atoms with Crippen LogP contribution in [0.2, 0.25) is 0 Å². The van der Waals surface area contributed by atoms with Crippen molar-refractivity contribution in [3.05, 3.63) is 30.1 Å². The molecule has 26 heavy (non-hydrogen) atoms.